The zero-order valence-corrected chi connectivity index (χ0v) is 18.4. The number of nitrogens with one attached hydrogen (secondary N) is 2. The first kappa shape index (κ1) is 22.4. The van der Waals surface area contributed by atoms with Gasteiger partial charge in [0.25, 0.3) is 5.91 Å². The predicted octanol–water partition coefficient (Wildman–Crippen LogP) is 1.38. The fourth-order valence-electron chi connectivity index (χ4n) is 2.47. The Balaban J connectivity index is 2.47. The van der Waals surface area contributed by atoms with E-state index in [1.807, 2.05) is 5.43 Å². The van der Waals surface area contributed by atoms with Crippen LogP contribution in [0.3, 0.4) is 0 Å². The molecule has 1 saturated heterocycles. The van der Waals surface area contributed by atoms with Gasteiger partial charge in [0, 0.05) is 7.05 Å². The van der Waals surface area contributed by atoms with Crippen molar-refractivity contribution in [2.45, 2.75) is 38.8 Å². The summed E-state index contributed by atoms with van der Waals surface area (Å²) in [6, 6.07) is 1.40. The average molecular weight is 452 g/mol. The van der Waals surface area contributed by atoms with Gasteiger partial charge in [-0.05, 0) is 33.8 Å². The molecule has 1 aromatic rings. The maximum absolute atomic E-state index is 12.7. The number of carbonyl (C=O) groups excluding carboxylic acids is 2. The summed E-state index contributed by atoms with van der Waals surface area (Å²) in [7, 11) is -2.56. The number of halogens is 1. The molecule has 1 aliphatic heterocycles. The topological polar surface area (TPSA) is 143 Å². The van der Waals surface area contributed by atoms with Crippen LogP contribution in [-0.4, -0.2) is 49.1 Å². The molecule has 1 fully saturated rings. The molecule has 1 aliphatic rings. The molecule has 0 saturated carbocycles. The van der Waals surface area contributed by atoms with Crippen molar-refractivity contribution in [3.8, 4) is 0 Å². The van der Waals surface area contributed by atoms with Crippen LogP contribution in [0.5, 0.6) is 0 Å². The van der Waals surface area contributed by atoms with Crippen LogP contribution in [0, 0.1) is 0 Å². The molecule has 0 bridgehead atoms. The van der Waals surface area contributed by atoms with E-state index in [0.717, 1.165) is 15.6 Å². The van der Waals surface area contributed by atoms with Crippen LogP contribution in [0.4, 0.5) is 4.79 Å². The quantitative estimate of drug-likeness (QED) is 0.350. The van der Waals surface area contributed by atoms with E-state index in [9.17, 15) is 18.0 Å². The van der Waals surface area contributed by atoms with Gasteiger partial charge < -0.3 is 10.1 Å². The Labute approximate surface area is 172 Å². The maximum Gasteiger partial charge on any atom is 0.437 e. The molecular formula is C15H22ClN5O5S2. The molecule has 0 unspecified atom stereocenters. The number of hydrogen-bond donors (Lipinski definition) is 3. The lowest BCUT2D eigenvalue weighted by Crippen LogP contribution is -2.61. The summed E-state index contributed by atoms with van der Waals surface area (Å²) in [5, 5.41) is 3.13. The number of hydrogen-bond acceptors (Lipinski definition) is 7. The number of guanidine groups is 1. The molecule has 2 amide bonds. The molecule has 0 spiro atoms. The van der Waals surface area contributed by atoms with E-state index in [4.69, 9.17) is 22.2 Å². The van der Waals surface area contributed by atoms with Crippen molar-refractivity contribution >= 4 is 50.9 Å². The number of amides is 2. The van der Waals surface area contributed by atoms with E-state index >= 15 is 0 Å². The molecule has 156 valence electrons. The highest BCUT2D eigenvalue weighted by Crippen LogP contribution is 2.38. The van der Waals surface area contributed by atoms with Gasteiger partial charge in [-0.1, -0.05) is 11.6 Å². The first-order chi connectivity index (χ1) is 12.7. The SMILES string of the molecule is CN1/C(=N/C(=O)OC(C)(C)C)N[C@](C)(c2sc(C(=O)NN)cc2Cl)CS1(=O)=O. The Morgan fingerprint density at radius 3 is 2.61 bits per heavy atom. The summed E-state index contributed by atoms with van der Waals surface area (Å²) in [5.74, 6) is 4.01. The van der Waals surface area contributed by atoms with Gasteiger partial charge in [-0.2, -0.15) is 0 Å². The maximum atomic E-state index is 12.7. The van der Waals surface area contributed by atoms with Crippen LogP contribution in [0.15, 0.2) is 11.1 Å². The minimum Gasteiger partial charge on any atom is -0.442 e. The molecule has 10 nitrogen and oxygen atoms in total. The first-order valence-corrected chi connectivity index (χ1v) is 10.9. The third-order valence-electron chi connectivity index (χ3n) is 3.71. The number of sulfonamides is 1. The monoisotopic (exact) mass is 451 g/mol. The van der Waals surface area contributed by atoms with Crippen molar-refractivity contribution < 1.29 is 22.7 Å². The van der Waals surface area contributed by atoms with Gasteiger partial charge >= 0.3 is 6.09 Å². The highest BCUT2D eigenvalue weighted by Gasteiger charge is 2.45. The van der Waals surface area contributed by atoms with Crippen molar-refractivity contribution in [1.29, 1.82) is 0 Å². The molecule has 4 N–H and O–H groups in total. The second-order valence-corrected chi connectivity index (χ2v) is 10.8. The Morgan fingerprint density at radius 2 is 2.07 bits per heavy atom. The number of hydrazine groups is 1. The van der Waals surface area contributed by atoms with E-state index in [1.165, 1.54) is 13.1 Å². The lowest BCUT2D eigenvalue weighted by Gasteiger charge is -2.39. The van der Waals surface area contributed by atoms with Gasteiger partial charge in [0.1, 0.15) is 5.60 Å². The molecular weight excluding hydrogens is 430 g/mol. The lowest BCUT2D eigenvalue weighted by molar-refractivity contribution is 0.0601. The highest BCUT2D eigenvalue weighted by molar-refractivity contribution is 7.89. The van der Waals surface area contributed by atoms with Crippen molar-refractivity contribution in [2.24, 2.45) is 10.8 Å². The highest BCUT2D eigenvalue weighted by atomic mass is 35.5. The number of rotatable bonds is 2. The molecule has 1 aromatic heterocycles. The number of aliphatic imine (C=N–C) groups is 1. The van der Waals surface area contributed by atoms with Crippen LogP contribution in [-0.2, 0) is 20.3 Å². The van der Waals surface area contributed by atoms with Crippen LogP contribution in [0.25, 0.3) is 0 Å². The standard InChI is InChI=1S/C15H22ClN5O5S2/c1-14(2,3)26-13(23)18-12-19-15(4,7-28(24,25)21(12)5)10-8(16)6-9(27-10)11(22)20-17/h6H,7,17H2,1-5H3,(H,20,22)(H,18,19,23)/t15-/m0/s1. The van der Waals surface area contributed by atoms with Gasteiger partial charge in [-0.15, -0.1) is 16.3 Å². The van der Waals surface area contributed by atoms with Gasteiger partial charge in [0.2, 0.25) is 16.0 Å². The number of thiophene rings is 1. The van der Waals surface area contributed by atoms with E-state index in [-0.39, 0.29) is 21.6 Å². The summed E-state index contributed by atoms with van der Waals surface area (Å²) in [5.41, 5.74) is -0.0304. The second-order valence-electron chi connectivity index (χ2n) is 7.36. The van der Waals surface area contributed by atoms with Gasteiger partial charge in [0.05, 0.1) is 26.1 Å². The van der Waals surface area contributed by atoms with Crippen LogP contribution >= 0.6 is 22.9 Å². The Bertz CT molecular complexity index is 937. The van der Waals surface area contributed by atoms with Crippen molar-refractivity contribution in [3.05, 3.63) is 20.8 Å². The number of nitrogen functional groups attached to an aromatic ring is 1. The summed E-state index contributed by atoms with van der Waals surface area (Å²) in [6.45, 7) is 6.59. The van der Waals surface area contributed by atoms with E-state index in [2.05, 4.69) is 10.3 Å². The third-order valence-corrected chi connectivity index (χ3v) is 7.47. The number of ether oxygens (including phenoxy) is 1. The number of nitrogens with zero attached hydrogens (tertiary/aromatic N) is 2. The summed E-state index contributed by atoms with van der Waals surface area (Å²) in [4.78, 5) is 28.2. The van der Waals surface area contributed by atoms with Crippen molar-refractivity contribution in [2.75, 3.05) is 12.8 Å². The third kappa shape index (κ3) is 4.74. The molecule has 0 aliphatic carbocycles. The largest absolute Gasteiger partial charge is 0.442 e. The fourth-order valence-corrected chi connectivity index (χ4v) is 5.61. The minimum atomic E-state index is -3.83. The van der Waals surface area contributed by atoms with E-state index < -0.39 is 33.2 Å². The first-order valence-electron chi connectivity index (χ1n) is 8.06. The summed E-state index contributed by atoms with van der Waals surface area (Å²) in [6.07, 6.45) is -0.943. The average Bonchev–Trinajstić information content (AvgIpc) is 2.92. The smallest absolute Gasteiger partial charge is 0.437 e. The van der Waals surface area contributed by atoms with Crippen LogP contribution in [0.1, 0.15) is 42.2 Å². The number of carbonyl (C=O) groups is 2. The van der Waals surface area contributed by atoms with Gasteiger partial charge in [-0.25, -0.2) is 23.4 Å². The van der Waals surface area contributed by atoms with Crippen molar-refractivity contribution in [1.82, 2.24) is 15.0 Å². The second kappa shape index (κ2) is 7.50. The molecule has 0 radical (unpaired) electrons. The fraction of sp³-hybridized carbons (Fsp3) is 0.533. The molecule has 13 heteroatoms. The lowest BCUT2D eigenvalue weighted by atomic mass is 10.0. The van der Waals surface area contributed by atoms with Crippen LogP contribution < -0.4 is 16.6 Å². The van der Waals surface area contributed by atoms with Gasteiger partial charge in [0.15, 0.2) is 0 Å². The number of nitrogens with two attached hydrogens (primary N) is 1. The summed E-state index contributed by atoms with van der Waals surface area (Å²) >= 11 is 7.24. The van der Waals surface area contributed by atoms with Gasteiger partial charge in [-0.3, -0.25) is 10.2 Å². The Morgan fingerprint density at radius 1 is 1.46 bits per heavy atom. The van der Waals surface area contributed by atoms with Crippen molar-refractivity contribution in [3.63, 3.8) is 0 Å². The zero-order chi connectivity index (χ0) is 21.5. The molecule has 2 rings (SSSR count). The van der Waals surface area contributed by atoms with E-state index in [0.29, 0.717) is 4.88 Å². The Kier molecular flexibility index (Phi) is 6.00. The zero-order valence-electron chi connectivity index (χ0n) is 16.0. The molecule has 2 heterocycles. The van der Waals surface area contributed by atoms with E-state index in [1.54, 1.807) is 27.7 Å². The van der Waals surface area contributed by atoms with Crippen LogP contribution in [0.2, 0.25) is 5.02 Å². The summed E-state index contributed by atoms with van der Waals surface area (Å²) < 4.78 is 31.3. The minimum absolute atomic E-state index is 0.190. The molecule has 1 atom stereocenters. The normalized spacial score (nSPS) is 23.2. The molecule has 0 aromatic carbocycles. The predicted molar refractivity (Wildman–Crippen MR) is 107 cm³/mol. The molecule has 28 heavy (non-hydrogen) atoms. The Hall–Kier alpha value is -1.89.